The fraction of sp³-hybridized carbons (Fsp3) is 0.591. The van der Waals surface area contributed by atoms with Crippen LogP contribution < -0.4 is 15.4 Å². The predicted molar refractivity (Wildman–Crippen MR) is 116 cm³/mol. The molecule has 1 atom stereocenters. The second-order valence-electron chi connectivity index (χ2n) is 7.57. The molecular weight excluding hydrogens is 402 g/mol. The first kappa shape index (κ1) is 24.5. The lowest BCUT2D eigenvalue weighted by Gasteiger charge is -2.34. The van der Waals surface area contributed by atoms with Crippen molar-refractivity contribution in [2.75, 3.05) is 51.4 Å². The fourth-order valence-corrected chi connectivity index (χ4v) is 3.06. The zero-order valence-corrected chi connectivity index (χ0v) is 18.5. The van der Waals surface area contributed by atoms with E-state index in [1.165, 1.54) is 4.90 Å². The van der Waals surface area contributed by atoms with Gasteiger partial charge in [-0.2, -0.15) is 0 Å². The van der Waals surface area contributed by atoms with Crippen LogP contribution >= 0.6 is 0 Å². The standard InChI is InChI=1S/C22H33N3O6/c1-4-29-11-12-30-19-8-6-5-7-17(19)24-14-20(26)25-10-9-23-22(28)18(25)13-21(27)31-15-16(2)3/h5-8,16,18,24H,4,9-15H2,1-3H3,(H,23,28). The average Bonchev–Trinajstić information content (AvgIpc) is 2.75. The van der Waals surface area contributed by atoms with Crippen molar-refractivity contribution in [2.45, 2.75) is 33.2 Å². The number of nitrogens with zero attached hydrogens (tertiary/aromatic N) is 1. The van der Waals surface area contributed by atoms with Crippen LogP contribution in [0, 0.1) is 5.92 Å². The summed E-state index contributed by atoms with van der Waals surface area (Å²) in [6, 6.07) is 6.43. The van der Waals surface area contributed by atoms with Gasteiger partial charge in [0.1, 0.15) is 18.4 Å². The Labute approximate surface area is 183 Å². The van der Waals surface area contributed by atoms with Crippen molar-refractivity contribution < 1.29 is 28.6 Å². The number of anilines is 1. The van der Waals surface area contributed by atoms with E-state index >= 15 is 0 Å². The molecule has 1 aromatic carbocycles. The fourth-order valence-electron chi connectivity index (χ4n) is 3.06. The third-order valence-electron chi connectivity index (χ3n) is 4.60. The van der Waals surface area contributed by atoms with Gasteiger partial charge < -0.3 is 29.7 Å². The molecule has 9 heteroatoms. The highest BCUT2D eigenvalue weighted by molar-refractivity contribution is 5.93. The molecule has 31 heavy (non-hydrogen) atoms. The first-order valence-electron chi connectivity index (χ1n) is 10.7. The molecule has 2 N–H and O–H groups in total. The first-order valence-corrected chi connectivity index (χ1v) is 10.7. The van der Waals surface area contributed by atoms with E-state index in [0.717, 1.165) is 0 Å². The average molecular weight is 436 g/mol. The molecule has 172 valence electrons. The molecule has 1 fully saturated rings. The van der Waals surface area contributed by atoms with Gasteiger partial charge in [-0.25, -0.2) is 0 Å². The third kappa shape index (κ3) is 8.09. The van der Waals surface area contributed by atoms with Crippen molar-refractivity contribution in [3.05, 3.63) is 24.3 Å². The van der Waals surface area contributed by atoms with E-state index in [2.05, 4.69) is 10.6 Å². The van der Waals surface area contributed by atoms with Gasteiger partial charge in [0, 0.05) is 19.7 Å². The quantitative estimate of drug-likeness (QED) is 0.378. The summed E-state index contributed by atoms with van der Waals surface area (Å²) in [6.07, 6.45) is -0.165. The third-order valence-corrected chi connectivity index (χ3v) is 4.60. The van der Waals surface area contributed by atoms with E-state index in [1.54, 1.807) is 6.07 Å². The van der Waals surface area contributed by atoms with Crippen LogP contribution in [0.15, 0.2) is 24.3 Å². The number of ether oxygens (including phenoxy) is 3. The molecule has 2 rings (SSSR count). The molecule has 1 aliphatic rings. The lowest BCUT2D eigenvalue weighted by Crippen LogP contribution is -2.58. The smallest absolute Gasteiger partial charge is 0.308 e. The van der Waals surface area contributed by atoms with Crippen LogP contribution in [-0.2, 0) is 23.9 Å². The van der Waals surface area contributed by atoms with Crippen LogP contribution in [0.4, 0.5) is 5.69 Å². The summed E-state index contributed by atoms with van der Waals surface area (Å²) >= 11 is 0. The van der Waals surface area contributed by atoms with Crippen LogP contribution in [0.1, 0.15) is 27.2 Å². The normalized spacial score (nSPS) is 16.1. The molecule has 1 unspecified atom stereocenters. The Hall–Kier alpha value is -2.81. The number of nitrogens with one attached hydrogen (secondary N) is 2. The summed E-state index contributed by atoms with van der Waals surface area (Å²) in [6.45, 7) is 8.20. The van der Waals surface area contributed by atoms with Gasteiger partial charge in [0.15, 0.2) is 0 Å². The molecule has 1 aromatic rings. The van der Waals surface area contributed by atoms with Crippen LogP contribution in [0.5, 0.6) is 5.75 Å². The Balaban J connectivity index is 1.95. The Morgan fingerprint density at radius 2 is 2.03 bits per heavy atom. The zero-order valence-electron chi connectivity index (χ0n) is 18.5. The first-order chi connectivity index (χ1) is 14.9. The molecule has 2 amide bonds. The van der Waals surface area contributed by atoms with Gasteiger partial charge in [-0.15, -0.1) is 0 Å². The van der Waals surface area contributed by atoms with Gasteiger partial charge in [0.2, 0.25) is 11.8 Å². The topological polar surface area (TPSA) is 106 Å². The summed E-state index contributed by atoms with van der Waals surface area (Å²) < 4.78 is 16.2. The maximum Gasteiger partial charge on any atom is 0.308 e. The highest BCUT2D eigenvalue weighted by Gasteiger charge is 2.35. The highest BCUT2D eigenvalue weighted by Crippen LogP contribution is 2.23. The van der Waals surface area contributed by atoms with E-state index in [1.807, 2.05) is 39.0 Å². The summed E-state index contributed by atoms with van der Waals surface area (Å²) in [7, 11) is 0. The van der Waals surface area contributed by atoms with Crippen molar-refractivity contribution in [3.8, 4) is 5.75 Å². The molecule has 1 heterocycles. The Kier molecular flexibility index (Phi) is 10.1. The lowest BCUT2D eigenvalue weighted by molar-refractivity contribution is -0.152. The van der Waals surface area contributed by atoms with E-state index in [9.17, 15) is 14.4 Å². The molecule has 0 aliphatic carbocycles. The van der Waals surface area contributed by atoms with Gasteiger partial charge >= 0.3 is 5.97 Å². The summed E-state index contributed by atoms with van der Waals surface area (Å²) in [5.74, 6) is -0.307. The highest BCUT2D eigenvalue weighted by atomic mass is 16.5. The van der Waals surface area contributed by atoms with Gasteiger partial charge in [0.25, 0.3) is 0 Å². The minimum atomic E-state index is -0.875. The monoisotopic (exact) mass is 435 g/mol. The second-order valence-corrected chi connectivity index (χ2v) is 7.57. The molecule has 0 aromatic heterocycles. The molecular formula is C22H33N3O6. The van der Waals surface area contributed by atoms with Crippen LogP contribution in [0.3, 0.4) is 0 Å². The van der Waals surface area contributed by atoms with Gasteiger partial charge in [-0.1, -0.05) is 26.0 Å². The summed E-state index contributed by atoms with van der Waals surface area (Å²) in [5, 5.41) is 5.79. The minimum Gasteiger partial charge on any atom is -0.489 e. The molecule has 0 saturated carbocycles. The van der Waals surface area contributed by atoms with Crippen molar-refractivity contribution in [2.24, 2.45) is 5.92 Å². The molecule has 0 bridgehead atoms. The number of amides is 2. The number of hydrogen-bond donors (Lipinski definition) is 2. The Morgan fingerprint density at radius 3 is 2.77 bits per heavy atom. The molecule has 0 spiro atoms. The van der Waals surface area contributed by atoms with Crippen LogP contribution in [-0.4, -0.2) is 74.8 Å². The van der Waals surface area contributed by atoms with Gasteiger partial charge in [-0.05, 0) is 25.0 Å². The van der Waals surface area contributed by atoms with Crippen molar-refractivity contribution in [1.82, 2.24) is 10.2 Å². The van der Waals surface area contributed by atoms with Crippen LogP contribution in [0.2, 0.25) is 0 Å². The van der Waals surface area contributed by atoms with Gasteiger partial charge in [-0.3, -0.25) is 14.4 Å². The maximum absolute atomic E-state index is 12.9. The summed E-state index contributed by atoms with van der Waals surface area (Å²) in [4.78, 5) is 38.7. The van der Waals surface area contributed by atoms with Gasteiger partial charge in [0.05, 0.1) is 31.9 Å². The number of benzene rings is 1. The summed E-state index contributed by atoms with van der Waals surface area (Å²) in [5.41, 5.74) is 0.668. The SMILES string of the molecule is CCOCCOc1ccccc1NCC(=O)N1CCNC(=O)C1CC(=O)OCC(C)C. The number of piperazine rings is 1. The number of carbonyl (C=O) groups is 3. The molecule has 1 aliphatic heterocycles. The number of rotatable bonds is 12. The molecule has 1 saturated heterocycles. The zero-order chi connectivity index (χ0) is 22.6. The number of esters is 1. The minimum absolute atomic E-state index is 0.0311. The number of para-hydroxylation sites is 2. The maximum atomic E-state index is 12.9. The lowest BCUT2D eigenvalue weighted by atomic mass is 10.1. The largest absolute Gasteiger partial charge is 0.489 e. The Morgan fingerprint density at radius 1 is 1.26 bits per heavy atom. The number of hydrogen-bond acceptors (Lipinski definition) is 7. The Bertz CT molecular complexity index is 740. The van der Waals surface area contributed by atoms with E-state index in [-0.39, 0.29) is 37.3 Å². The van der Waals surface area contributed by atoms with E-state index < -0.39 is 12.0 Å². The van der Waals surface area contributed by atoms with Crippen molar-refractivity contribution in [3.63, 3.8) is 0 Å². The van der Waals surface area contributed by atoms with Crippen molar-refractivity contribution >= 4 is 23.5 Å². The number of carbonyl (C=O) groups excluding carboxylic acids is 3. The van der Waals surface area contributed by atoms with Crippen LogP contribution in [0.25, 0.3) is 0 Å². The predicted octanol–water partition coefficient (Wildman–Crippen LogP) is 1.43. The van der Waals surface area contributed by atoms with E-state index in [4.69, 9.17) is 14.2 Å². The molecule has 9 nitrogen and oxygen atoms in total. The second kappa shape index (κ2) is 12.8. The van der Waals surface area contributed by atoms with E-state index in [0.29, 0.717) is 44.3 Å². The molecule has 0 radical (unpaired) electrons. The van der Waals surface area contributed by atoms with Crippen molar-refractivity contribution in [1.29, 1.82) is 0 Å².